The summed E-state index contributed by atoms with van der Waals surface area (Å²) in [5.74, 6) is 4.36. The molecule has 121 valence electrons. The van der Waals surface area contributed by atoms with Crippen LogP contribution in [-0.4, -0.2) is 17.2 Å². The van der Waals surface area contributed by atoms with E-state index in [0.717, 1.165) is 19.2 Å². The molecule has 1 aliphatic rings. The van der Waals surface area contributed by atoms with Gasteiger partial charge in [-0.05, 0) is 18.8 Å². The van der Waals surface area contributed by atoms with Crippen LogP contribution >= 0.6 is 0 Å². The van der Waals surface area contributed by atoms with E-state index >= 15 is 0 Å². The number of allylic oxidation sites excluding steroid dienone is 1. The SMILES string of the molecule is CC.CCCC(CCC)C1=[C-]BCc2cnc3[nH]ccc3c21.[Y]. The first kappa shape index (κ1) is 20.6. The van der Waals surface area contributed by atoms with E-state index < -0.39 is 0 Å². The van der Waals surface area contributed by atoms with Gasteiger partial charge in [0, 0.05) is 52.4 Å². The number of aromatic amines is 1. The minimum absolute atomic E-state index is 0. The van der Waals surface area contributed by atoms with Crippen LogP contribution in [0, 0.1) is 11.9 Å². The molecule has 4 heteroatoms. The van der Waals surface area contributed by atoms with Crippen molar-refractivity contribution < 1.29 is 32.7 Å². The molecule has 0 fully saturated rings. The van der Waals surface area contributed by atoms with E-state index in [2.05, 4.69) is 42.1 Å². The molecule has 1 N–H and O–H groups in total. The van der Waals surface area contributed by atoms with Crippen LogP contribution in [0.4, 0.5) is 0 Å². The van der Waals surface area contributed by atoms with Crippen LogP contribution in [0.2, 0.25) is 0 Å². The van der Waals surface area contributed by atoms with E-state index in [1.807, 2.05) is 20.0 Å². The predicted molar refractivity (Wildman–Crippen MR) is 98.3 cm³/mol. The molecule has 0 atom stereocenters. The molecule has 0 aromatic carbocycles. The Labute approximate surface area is 167 Å². The Morgan fingerprint density at radius 3 is 2.61 bits per heavy atom. The summed E-state index contributed by atoms with van der Waals surface area (Å²) in [5, 5.41) is 1.28. The fraction of sp³-hybridized carbons (Fsp3) is 0.526. The fourth-order valence-corrected chi connectivity index (χ4v) is 3.46. The summed E-state index contributed by atoms with van der Waals surface area (Å²) in [4.78, 5) is 7.78. The molecule has 3 heterocycles. The van der Waals surface area contributed by atoms with E-state index in [4.69, 9.17) is 0 Å². The summed E-state index contributed by atoms with van der Waals surface area (Å²) in [6.45, 7) is 8.57. The van der Waals surface area contributed by atoms with E-state index in [1.165, 1.54) is 47.8 Å². The standard InChI is InChI=1S/C17H22BN2.C2H6.Y/c1-3-5-12(6-4-2)15-10-18-9-13-11-20-17-14(16(13)15)7-8-19-17;1-2;/h7-8,11-12,18H,3-6,9H2,1-2H3,(H,19,20);1-2H3;/q-1;;. The maximum atomic E-state index is 4.54. The number of hydrogen-bond donors (Lipinski definition) is 1. The summed E-state index contributed by atoms with van der Waals surface area (Å²) >= 11 is 0. The van der Waals surface area contributed by atoms with Crippen LogP contribution < -0.4 is 0 Å². The van der Waals surface area contributed by atoms with Crippen molar-refractivity contribution >= 4 is 23.9 Å². The zero-order valence-electron chi connectivity index (χ0n) is 15.1. The zero-order valence-corrected chi connectivity index (χ0v) is 17.9. The first-order chi connectivity index (χ1) is 10.8. The van der Waals surface area contributed by atoms with Crippen molar-refractivity contribution in [2.75, 3.05) is 0 Å². The average Bonchev–Trinajstić information content (AvgIpc) is 3.05. The molecule has 2 nitrogen and oxygen atoms in total. The predicted octanol–water partition coefficient (Wildman–Crippen LogP) is 4.90. The van der Waals surface area contributed by atoms with Gasteiger partial charge in [-0.3, -0.25) is 0 Å². The Bertz CT molecular complexity index is 627. The van der Waals surface area contributed by atoms with E-state index in [9.17, 15) is 0 Å². The number of nitrogens with zero attached hydrogens (tertiary/aromatic N) is 1. The first-order valence-electron chi connectivity index (χ1n) is 8.91. The second-order valence-electron chi connectivity index (χ2n) is 5.76. The number of pyridine rings is 1. The van der Waals surface area contributed by atoms with Crippen LogP contribution in [0.1, 0.15) is 64.5 Å². The second kappa shape index (κ2) is 10.5. The summed E-state index contributed by atoms with van der Waals surface area (Å²) in [5.41, 5.74) is 5.30. The molecule has 3 rings (SSSR count). The number of aromatic nitrogens is 2. The zero-order chi connectivity index (χ0) is 15.9. The molecule has 0 saturated heterocycles. The first-order valence-corrected chi connectivity index (χ1v) is 8.91. The summed E-state index contributed by atoms with van der Waals surface area (Å²) < 4.78 is 0. The van der Waals surface area contributed by atoms with Gasteiger partial charge in [-0.1, -0.05) is 58.3 Å². The number of nitrogens with one attached hydrogen (secondary N) is 1. The van der Waals surface area contributed by atoms with Gasteiger partial charge in [0.15, 0.2) is 0 Å². The Balaban J connectivity index is 0.000000849. The topological polar surface area (TPSA) is 28.7 Å². The van der Waals surface area contributed by atoms with E-state index in [-0.39, 0.29) is 32.7 Å². The van der Waals surface area contributed by atoms with Gasteiger partial charge in [0.05, 0.1) is 0 Å². The van der Waals surface area contributed by atoms with Gasteiger partial charge in [0.2, 0.25) is 0 Å². The van der Waals surface area contributed by atoms with Gasteiger partial charge >= 0.3 is 0 Å². The Kier molecular flexibility index (Phi) is 9.39. The maximum absolute atomic E-state index is 4.54. The van der Waals surface area contributed by atoms with Gasteiger partial charge in [-0.25, -0.2) is 10.6 Å². The molecule has 0 spiro atoms. The number of rotatable bonds is 5. The molecule has 23 heavy (non-hydrogen) atoms. The normalized spacial score (nSPS) is 12.7. The van der Waals surface area contributed by atoms with Crippen molar-refractivity contribution in [3.8, 4) is 0 Å². The van der Waals surface area contributed by atoms with Crippen molar-refractivity contribution in [3.05, 3.63) is 35.6 Å². The average molecular weight is 384 g/mol. The van der Waals surface area contributed by atoms with Crippen molar-refractivity contribution in [2.45, 2.75) is 59.7 Å². The Morgan fingerprint density at radius 2 is 1.96 bits per heavy atom. The van der Waals surface area contributed by atoms with Gasteiger partial charge in [-0.2, -0.15) is 5.56 Å². The number of H-pyrrole nitrogens is 1. The molecule has 0 saturated carbocycles. The van der Waals surface area contributed by atoms with Crippen molar-refractivity contribution in [1.29, 1.82) is 0 Å². The second-order valence-corrected chi connectivity index (χ2v) is 5.76. The van der Waals surface area contributed by atoms with Crippen molar-refractivity contribution in [1.82, 2.24) is 9.97 Å². The van der Waals surface area contributed by atoms with Gasteiger partial charge < -0.3 is 11.0 Å². The molecule has 2 aromatic rings. The third-order valence-electron chi connectivity index (χ3n) is 4.33. The van der Waals surface area contributed by atoms with Crippen LogP contribution in [-0.2, 0) is 39.0 Å². The third-order valence-corrected chi connectivity index (χ3v) is 4.33. The number of hydrogen-bond acceptors (Lipinski definition) is 1. The molecule has 0 unspecified atom stereocenters. The van der Waals surface area contributed by atoms with Gasteiger partial charge in [0.25, 0.3) is 0 Å². The van der Waals surface area contributed by atoms with Crippen LogP contribution in [0.15, 0.2) is 18.5 Å². The molecular weight excluding hydrogens is 356 g/mol. The molecule has 2 aromatic heterocycles. The van der Waals surface area contributed by atoms with Gasteiger partial charge in [-0.15, -0.1) is 5.56 Å². The summed E-state index contributed by atoms with van der Waals surface area (Å²) in [6.07, 6.45) is 10.2. The van der Waals surface area contributed by atoms with Crippen molar-refractivity contribution in [3.63, 3.8) is 0 Å². The minimum Gasteiger partial charge on any atom is -0.347 e. The monoisotopic (exact) mass is 384 g/mol. The third kappa shape index (κ3) is 4.57. The van der Waals surface area contributed by atoms with Crippen LogP contribution in [0.5, 0.6) is 0 Å². The quantitative estimate of drug-likeness (QED) is 0.577. The smallest absolute Gasteiger partial charge is 0.119 e. The molecule has 0 amide bonds. The maximum Gasteiger partial charge on any atom is 0.119 e. The fourth-order valence-electron chi connectivity index (χ4n) is 3.46. The minimum atomic E-state index is 0. The van der Waals surface area contributed by atoms with E-state index in [1.54, 1.807) is 0 Å². The largest absolute Gasteiger partial charge is 0.347 e. The van der Waals surface area contributed by atoms with E-state index in [0.29, 0.717) is 5.92 Å². The Hall–Kier alpha value is -0.401. The van der Waals surface area contributed by atoms with Crippen molar-refractivity contribution in [2.24, 2.45) is 5.92 Å². The Morgan fingerprint density at radius 1 is 1.26 bits per heavy atom. The summed E-state index contributed by atoms with van der Waals surface area (Å²) in [7, 11) is 1.05. The van der Waals surface area contributed by atoms with Crippen LogP contribution in [0.25, 0.3) is 16.6 Å². The molecular formula is C19H28BN2Y-. The number of fused-ring (bicyclic) bond motifs is 3. The van der Waals surface area contributed by atoms with Gasteiger partial charge in [0.1, 0.15) is 5.65 Å². The molecule has 0 aliphatic carbocycles. The molecule has 1 radical (unpaired) electrons. The molecule has 1 aliphatic heterocycles. The molecule has 0 bridgehead atoms. The van der Waals surface area contributed by atoms with Crippen LogP contribution in [0.3, 0.4) is 0 Å². The summed E-state index contributed by atoms with van der Waals surface area (Å²) in [6, 6.07) is 2.17.